The summed E-state index contributed by atoms with van der Waals surface area (Å²) in [5.41, 5.74) is 6.52. The molecule has 0 bridgehead atoms. The van der Waals surface area contributed by atoms with Crippen LogP contribution in [0.25, 0.3) is 0 Å². The van der Waals surface area contributed by atoms with Gasteiger partial charge in [0, 0.05) is 11.9 Å². The van der Waals surface area contributed by atoms with E-state index in [-0.39, 0.29) is 30.4 Å². The highest BCUT2D eigenvalue weighted by molar-refractivity contribution is 7.09. The Kier molecular flexibility index (Phi) is 7.41. The molecular formula is C22H27N5O3S. The lowest BCUT2D eigenvalue weighted by Crippen LogP contribution is -2.41. The second-order valence-electron chi connectivity index (χ2n) is 7.23. The lowest BCUT2D eigenvalue weighted by molar-refractivity contribution is -0.118. The van der Waals surface area contributed by atoms with Crippen LogP contribution in [0.4, 0.5) is 11.5 Å². The van der Waals surface area contributed by atoms with E-state index in [1.165, 1.54) is 20.8 Å². The third-order valence-electron chi connectivity index (χ3n) is 4.94. The van der Waals surface area contributed by atoms with Crippen LogP contribution < -0.4 is 21.9 Å². The summed E-state index contributed by atoms with van der Waals surface area (Å²) in [6.45, 7) is 4.53. The third kappa shape index (κ3) is 5.29. The number of hydrogen-bond acceptors (Lipinski definition) is 6. The van der Waals surface area contributed by atoms with Crippen molar-refractivity contribution in [1.29, 1.82) is 0 Å². The molecule has 0 spiro atoms. The molecule has 2 aromatic heterocycles. The smallest absolute Gasteiger partial charge is 0.330 e. The maximum atomic E-state index is 13.3. The first-order valence-electron chi connectivity index (χ1n) is 10.3. The molecule has 0 radical (unpaired) electrons. The minimum atomic E-state index is -0.674. The molecule has 0 unspecified atom stereocenters. The summed E-state index contributed by atoms with van der Waals surface area (Å²) < 4.78 is 1.32. The largest absolute Gasteiger partial charge is 0.383 e. The molecule has 0 atom stereocenters. The fraction of sp³-hybridized carbons (Fsp3) is 0.364. The molecule has 0 aliphatic carbocycles. The van der Waals surface area contributed by atoms with Crippen molar-refractivity contribution in [3.8, 4) is 0 Å². The van der Waals surface area contributed by atoms with Crippen molar-refractivity contribution in [3.63, 3.8) is 0 Å². The number of aromatic nitrogens is 3. The van der Waals surface area contributed by atoms with Crippen molar-refractivity contribution >= 4 is 28.7 Å². The SMILES string of the molecule is CCCCn1c(N)c(N(Cc2ccccc2)C(=O)Cc2csc(CC)n2)c(=O)[nH]c1=O. The van der Waals surface area contributed by atoms with Crippen LogP contribution >= 0.6 is 11.3 Å². The summed E-state index contributed by atoms with van der Waals surface area (Å²) in [6.07, 6.45) is 2.41. The quantitative estimate of drug-likeness (QED) is 0.530. The maximum Gasteiger partial charge on any atom is 0.330 e. The Hall–Kier alpha value is -3.20. The minimum Gasteiger partial charge on any atom is -0.383 e. The highest BCUT2D eigenvalue weighted by atomic mass is 32.1. The topological polar surface area (TPSA) is 114 Å². The summed E-state index contributed by atoms with van der Waals surface area (Å²) in [6, 6.07) is 9.35. The number of benzene rings is 1. The standard InChI is InChI=1S/C22H27N5O3S/c1-3-5-11-26-20(23)19(21(29)25-22(26)30)27(13-15-9-7-6-8-10-15)18(28)12-16-14-31-17(4-2)24-16/h6-10,14H,3-5,11-13,23H2,1-2H3,(H,25,29,30). The van der Waals surface area contributed by atoms with Crippen LogP contribution in [0.1, 0.15) is 43.0 Å². The predicted octanol–water partition coefficient (Wildman–Crippen LogP) is 2.71. The first-order chi connectivity index (χ1) is 14.9. The molecule has 0 aliphatic heterocycles. The Morgan fingerprint density at radius 1 is 1.23 bits per heavy atom. The van der Waals surface area contributed by atoms with Crippen LogP contribution in [-0.4, -0.2) is 20.4 Å². The number of thiazole rings is 1. The second-order valence-corrected chi connectivity index (χ2v) is 8.17. The fourth-order valence-corrected chi connectivity index (χ4v) is 4.02. The number of hydrogen-bond donors (Lipinski definition) is 2. The Morgan fingerprint density at radius 3 is 2.61 bits per heavy atom. The summed E-state index contributed by atoms with van der Waals surface area (Å²) in [5, 5.41) is 2.80. The number of carbonyl (C=O) groups is 1. The average molecular weight is 442 g/mol. The van der Waals surface area contributed by atoms with E-state index in [0.29, 0.717) is 12.2 Å². The highest BCUT2D eigenvalue weighted by Crippen LogP contribution is 2.22. The van der Waals surface area contributed by atoms with E-state index in [0.717, 1.165) is 29.8 Å². The summed E-state index contributed by atoms with van der Waals surface area (Å²) >= 11 is 1.50. The molecule has 0 aliphatic rings. The first-order valence-corrected chi connectivity index (χ1v) is 11.2. The normalized spacial score (nSPS) is 10.9. The molecule has 8 nitrogen and oxygen atoms in total. The summed E-state index contributed by atoms with van der Waals surface area (Å²) in [5.74, 6) is -0.311. The van der Waals surface area contributed by atoms with Gasteiger partial charge in [-0.3, -0.25) is 24.0 Å². The zero-order valence-electron chi connectivity index (χ0n) is 17.8. The molecule has 9 heteroatoms. The molecule has 3 rings (SSSR count). The molecule has 164 valence electrons. The van der Waals surface area contributed by atoms with Crippen LogP contribution in [-0.2, 0) is 30.7 Å². The van der Waals surface area contributed by atoms with Gasteiger partial charge >= 0.3 is 5.69 Å². The van der Waals surface area contributed by atoms with Crippen LogP contribution in [0.5, 0.6) is 0 Å². The van der Waals surface area contributed by atoms with Crippen molar-refractivity contribution in [3.05, 3.63) is 72.8 Å². The molecule has 3 N–H and O–H groups in total. The number of aryl methyl sites for hydroxylation is 1. The van der Waals surface area contributed by atoms with Gasteiger partial charge in [0.15, 0.2) is 5.69 Å². The van der Waals surface area contributed by atoms with Gasteiger partial charge in [-0.05, 0) is 18.4 Å². The number of nitrogens with zero attached hydrogens (tertiary/aromatic N) is 3. The van der Waals surface area contributed by atoms with Gasteiger partial charge < -0.3 is 5.73 Å². The number of amides is 1. The Morgan fingerprint density at radius 2 is 1.97 bits per heavy atom. The van der Waals surface area contributed by atoms with Crippen molar-refractivity contribution in [2.75, 3.05) is 10.6 Å². The summed E-state index contributed by atoms with van der Waals surface area (Å²) in [7, 11) is 0. The van der Waals surface area contributed by atoms with Crippen LogP contribution in [0.2, 0.25) is 0 Å². The van der Waals surface area contributed by atoms with Crippen molar-refractivity contribution < 1.29 is 4.79 Å². The monoisotopic (exact) mass is 441 g/mol. The van der Waals surface area contributed by atoms with Gasteiger partial charge in [0.2, 0.25) is 5.91 Å². The molecule has 0 saturated carbocycles. The summed E-state index contributed by atoms with van der Waals surface area (Å²) in [4.78, 5) is 46.6. The van der Waals surface area contributed by atoms with E-state index in [4.69, 9.17) is 5.73 Å². The van der Waals surface area contributed by atoms with Crippen molar-refractivity contribution in [2.45, 2.75) is 52.6 Å². The number of nitrogens with one attached hydrogen (secondary N) is 1. The molecule has 0 fully saturated rings. The third-order valence-corrected chi connectivity index (χ3v) is 5.98. The van der Waals surface area contributed by atoms with Crippen LogP contribution in [0.3, 0.4) is 0 Å². The van der Waals surface area contributed by atoms with Gasteiger partial charge in [-0.1, -0.05) is 50.6 Å². The number of rotatable bonds is 9. The van der Waals surface area contributed by atoms with Crippen molar-refractivity contribution in [1.82, 2.24) is 14.5 Å². The number of anilines is 2. The zero-order chi connectivity index (χ0) is 22.4. The molecular weight excluding hydrogens is 414 g/mol. The molecule has 3 aromatic rings. The van der Waals surface area contributed by atoms with E-state index in [1.54, 1.807) is 0 Å². The Bertz CT molecular complexity index is 1150. The van der Waals surface area contributed by atoms with Gasteiger partial charge in [0.05, 0.1) is 23.7 Å². The Balaban J connectivity index is 2.04. The number of H-pyrrole nitrogens is 1. The average Bonchev–Trinajstić information content (AvgIpc) is 3.21. The van der Waals surface area contributed by atoms with E-state index in [9.17, 15) is 14.4 Å². The number of nitrogen functional groups attached to an aromatic ring is 1. The van der Waals surface area contributed by atoms with E-state index >= 15 is 0 Å². The number of unbranched alkanes of at least 4 members (excludes halogenated alkanes) is 1. The molecule has 1 amide bonds. The van der Waals surface area contributed by atoms with Crippen LogP contribution in [0, 0.1) is 0 Å². The molecule has 1 aromatic carbocycles. The van der Waals surface area contributed by atoms with Gasteiger partial charge in [0.1, 0.15) is 5.82 Å². The van der Waals surface area contributed by atoms with E-state index in [1.807, 2.05) is 49.6 Å². The predicted molar refractivity (Wildman–Crippen MR) is 123 cm³/mol. The Labute approximate surface area is 184 Å². The lowest BCUT2D eigenvalue weighted by atomic mass is 10.2. The van der Waals surface area contributed by atoms with E-state index in [2.05, 4.69) is 9.97 Å². The van der Waals surface area contributed by atoms with Crippen LogP contribution in [0.15, 0.2) is 45.3 Å². The van der Waals surface area contributed by atoms with Gasteiger partial charge in [0.25, 0.3) is 5.56 Å². The first kappa shape index (κ1) is 22.5. The maximum absolute atomic E-state index is 13.3. The highest BCUT2D eigenvalue weighted by Gasteiger charge is 2.25. The second kappa shape index (κ2) is 10.2. The lowest BCUT2D eigenvalue weighted by Gasteiger charge is -2.24. The van der Waals surface area contributed by atoms with E-state index < -0.39 is 11.2 Å². The number of carbonyl (C=O) groups excluding carboxylic acids is 1. The minimum absolute atomic E-state index is 0.000920. The van der Waals surface area contributed by atoms with Gasteiger partial charge in [-0.15, -0.1) is 11.3 Å². The number of aromatic amines is 1. The molecule has 2 heterocycles. The molecule has 31 heavy (non-hydrogen) atoms. The molecule has 0 saturated heterocycles. The zero-order valence-corrected chi connectivity index (χ0v) is 18.6. The van der Waals surface area contributed by atoms with Gasteiger partial charge in [-0.2, -0.15) is 0 Å². The van der Waals surface area contributed by atoms with Gasteiger partial charge in [-0.25, -0.2) is 9.78 Å². The van der Waals surface area contributed by atoms with Crippen molar-refractivity contribution in [2.24, 2.45) is 0 Å². The fourth-order valence-electron chi connectivity index (χ4n) is 3.28. The number of nitrogens with two attached hydrogens (primary N) is 1.